The maximum absolute atomic E-state index is 11.6. The van der Waals surface area contributed by atoms with Crippen LogP contribution in [0, 0.1) is 0 Å². The van der Waals surface area contributed by atoms with E-state index >= 15 is 0 Å². The van der Waals surface area contributed by atoms with Crippen LogP contribution in [0.4, 0.5) is 5.95 Å². The summed E-state index contributed by atoms with van der Waals surface area (Å²) < 4.78 is 0. The van der Waals surface area contributed by atoms with Crippen molar-refractivity contribution in [1.82, 2.24) is 14.9 Å². The van der Waals surface area contributed by atoms with Gasteiger partial charge in [0.15, 0.2) is 0 Å². The van der Waals surface area contributed by atoms with Crippen molar-refractivity contribution in [2.24, 2.45) is 5.73 Å². The SMILES string of the molecule is NC(CCCCB(O)O)(CCN1CCN(c2ncccn2)CC1)C(=O)O. The normalized spacial score (nSPS) is 17.7. The molecular formula is C16H28BN5O4. The number of nitrogens with zero attached hydrogens (tertiary/aromatic N) is 4. The molecule has 0 spiro atoms. The van der Waals surface area contributed by atoms with Crippen LogP contribution in [0.3, 0.4) is 0 Å². The molecule has 5 N–H and O–H groups in total. The lowest BCUT2D eigenvalue weighted by Crippen LogP contribution is -2.52. The maximum atomic E-state index is 11.6. The van der Waals surface area contributed by atoms with Crippen molar-refractivity contribution in [3.05, 3.63) is 18.5 Å². The molecule has 0 aliphatic carbocycles. The molecule has 26 heavy (non-hydrogen) atoms. The van der Waals surface area contributed by atoms with Crippen molar-refractivity contribution >= 4 is 19.0 Å². The third-order valence-electron chi connectivity index (χ3n) is 4.84. The Morgan fingerprint density at radius 2 is 1.81 bits per heavy atom. The number of hydrogen-bond acceptors (Lipinski definition) is 8. The summed E-state index contributed by atoms with van der Waals surface area (Å²) in [6.45, 7) is 3.83. The van der Waals surface area contributed by atoms with E-state index in [4.69, 9.17) is 15.8 Å². The zero-order chi connectivity index (χ0) is 19.0. The number of aliphatic carboxylic acids is 1. The summed E-state index contributed by atoms with van der Waals surface area (Å²) in [7, 11) is -1.35. The van der Waals surface area contributed by atoms with Crippen LogP contribution in [0.25, 0.3) is 0 Å². The molecule has 1 atom stereocenters. The molecule has 10 heteroatoms. The van der Waals surface area contributed by atoms with Crippen LogP contribution in [0.5, 0.6) is 0 Å². The fraction of sp³-hybridized carbons (Fsp3) is 0.688. The molecule has 2 heterocycles. The number of nitrogens with two attached hydrogens (primary N) is 1. The molecule has 1 aliphatic rings. The molecule has 0 amide bonds. The van der Waals surface area contributed by atoms with Gasteiger partial charge in [-0.15, -0.1) is 0 Å². The van der Waals surface area contributed by atoms with Crippen LogP contribution in [0.15, 0.2) is 18.5 Å². The van der Waals surface area contributed by atoms with Gasteiger partial charge in [-0.3, -0.25) is 9.69 Å². The van der Waals surface area contributed by atoms with Crippen molar-refractivity contribution in [3.8, 4) is 0 Å². The van der Waals surface area contributed by atoms with Crippen molar-refractivity contribution in [2.75, 3.05) is 37.6 Å². The average molecular weight is 365 g/mol. The van der Waals surface area contributed by atoms with Gasteiger partial charge in [-0.05, 0) is 25.2 Å². The topological polar surface area (TPSA) is 136 Å². The smallest absolute Gasteiger partial charge is 0.451 e. The highest BCUT2D eigenvalue weighted by Crippen LogP contribution is 2.19. The van der Waals surface area contributed by atoms with Crippen LogP contribution >= 0.6 is 0 Å². The van der Waals surface area contributed by atoms with Crippen molar-refractivity contribution < 1.29 is 19.9 Å². The number of unbranched alkanes of at least 4 members (excludes halogenated alkanes) is 1. The zero-order valence-corrected chi connectivity index (χ0v) is 15.0. The van der Waals surface area contributed by atoms with Crippen molar-refractivity contribution in [3.63, 3.8) is 0 Å². The predicted molar refractivity (Wildman–Crippen MR) is 98.7 cm³/mol. The first kappa shape index (κ1) is 20.6. The number of aromatic nitrogens is 2. The molecule has 2 rings (SSSR count). The molecule has 9 nitrogen and oxygen atoms in total. The van der Waals surface area contributed by atoms with Crippen LogP contribution < -0.4 is 10.6 Å². The van der Waals surface area contributed by atoms with Gasteiger partial charge in [0.2, 0.25) is 5.95 Å². The summed E-state index contributed by atoms with van der Waals surface area (Å²) in [4.78, 5) is 24.4. The van der Waals surface area contributed by atoms with E-state index in [1.165, 1.54) is 0 Å². The summed E-state index contributed by atoms with van der Waals surface area (Å²) in [6.07, 6.45) is 5.47. The standard InChI is InChI=1S/C16H28BN5O4/c18-16(14(23)24,4-1-2-6-17(25)26)5-9-21-10-12-22(13-11-21)15-19-7-3-8-20-15/h3,7-8,25-26H,1-2,4-6,9-13,18H2,(H,23,24). The van der Waals surface area contributed by atoms with E-state index in [0.29, 0.717) is 32.2 Å². The minimum atomic E-state index is -1.35. The molecule has 0 aromatic carbocycles. The number of carboxylic acids is 1. The number of carbonyl (C=O) groups is 1. The Kier molecular flexibility index (Phi) is 7.76. The highest BCUT2D eigenvalue weighted by molar-refractivity contribution is 6.40. The maximum Gasteiger partial charge on any atom is 0.451 e. The Bertz CT molecular complexity index is 557. The molecule has 1 fully saturated rings. The van der Waals surface area contributed by atoms with Crippen LogP contribution in [-0.4, -0.2) is 81.4 Å². The van der Waals surface area contributed by atoms with E-state index < -0.39 is 18.6 Å². The molecule has 1 aromatic rings. The Morgan fingerprint density at radius 1 is 1.15 bits per heavy atom. The summed E-state index contributed by atoms with van der Waals surface area (Å²) in [5.74, 6) is -0.282. The van der Waals surface area contributed by atoms with E-state index in [9.17, 15) is 9.90 Å². The second-order valence-electron chi connectivity index (χ2n) is 6.82. The molecule has 1 aliphatic heterocycles. The summed E-state index contributed by atoms with van der Waals surface area (Å²) in [5.41, 5.74) is 4.83. The Hall–Kier alpha value is -1.75. The molecule has 1 saturated heterocycles. The summed E-state index contributed by atoms with van der Waals surface area (Å²) in [6, 6.07) is 1.79. The van der Waals surface area contributed by atoms with E-state index in [1.807, 2.05) is 0 Å². The number of piperazine rings is 1. The molecule has 1 aromatic heterocycles. The van der Waals surface area contributed by atoms with Crippen LogP contribution in [0.2, 0.25) is 6.32 Å². The molecule has 144 valence electrons. The third-order valence-corrected chi connectivity index (χ3v) is 4.84. The monoisotopic (exact) mass is 365 g/mol. The molecule has 1 unspecified atom stereocenters. The zero-order valence-electron chi connectivity index (χ0n) is 15.0. The lowest BCUT2D eigenvalue weighted by Gasteiger charge is -2.36. The predicted octanol–water partition coefficient (Wildman–Crippen LogP) is -0.586. The van der Waals surface area contributed by atoms with E-state index in [2.05, 4.69) is 19.8 Å². The highest BCUT2D eigenvalue weighted by Gasteiger charge is 2.34. The van der Waals surface area contributed by atoms with Crippen molar-refractivity contribution in [1.29, 1.82) is 0 Å². The second-order valence-corrected chi connectivity index (χ2v) is 6.82. The molecular weight excluding hydrogens is 337 g/mol. The average Bonchev–Trinajstić information content (AvgIpc) is 2.64. The van der Waals surface area contributed by atoms with E-state index in [0.717, 1.165) is 32.1 Å². The van der Waals surface area contributed by atoms with Gasteiger partial charge in [0.1, 0.15) is 5.54 Å². The summed E-state index contributed by atoms with van der Waals surface area (Å²) in [5, 5.41) is 27.2. The minimum Gasteiger partial charge on any atom is -0.480 e. The van der Waals surface area contributed by atoms with E-state index in [-0.39, 0.29) is 6.32 Å². The number of hydrogen-bond donors (Lipinski definition) is 4. The molecule has 0 saturated carbocycles. The van der Waals surface area contributed by atoms with Crippen LogP contribution in [-0.2, 0) is 4.79 Å². The molecule has 0 bridgehead atoms. The van der Waals surface area contributed by atoms with Gasteiger partial charge in [-0.25, -0.2) is 9.97 Å². The Morgan fingerprint density at radius 3 is 2.38 bits per heavy atom. The third kappa shape index (κ3) is 6.20. The lowest BCUT2D eigenvalue weighted by molar-refractivity contribution is -0.144. The first-order valence-electron chi connectivity index (χ1n) is 9.03. The first-order chi connectivity index (χ1) is 12.4. The number of rotatable bonds is 10. The van der Waals surface area contributed by atoms with Gasteiger partial charge in [-0.1, -0.05) is 12.8 Å². The quantitative estimate of drug-likeness (QED) is 0.317. The number of carboxylic acid groups (broad SMARTS) is 1. The van der Waals surface area contributed by atoms with Gasteiger partial charge >= 0.3 is 13.1 Å². The Labute approximate surface area is 154 Å². The van der Waals surface area contributed by atoms with Gasteiger partial charge in [0, 0.05) is 45.1 Å². The number of anilines is 1. The lowest BCUT2D eigenvalue weighted by atomic mass is 9.81. The largest absolute Gasteiger partial charge is 0.480 e. The second kappa shape index (κ2) is 9.82. The van der Waals surface area contributed by atoms with E-state index in [1.54, 1.807) is 18.5 Å². The fourth-order valence-corrected chi connectivity index (χ4v) is 3.09. The van der Waals surface area contributed by atoms with Gasteiger partial charge in [0.25, 0.3) is 0 Å². The summed E-state index contributed by atoms with van der Waals surface area (Å²) >= 11 is 0. The van der Waals surface area contributed by atoms with Crippen LogP contribution in [0.1, 0.15) is 25.7 Å². The minimum absolute atomic E-state index is 0.235. The molecule has 0 radical (unpaired) electrons. The van der Waals surface area contributed by atoms with Gasteiger partial charge in [0.05, 0.1) is 0 Å². The highest BCUT2D eigenvalue weighted by atomic mass is 16.4. The van der Waals surface area contributed by atoms with Crippen molar-refractivity contribution in [2.45, 2.75) is 37.5 Å². The van der Waals surface area contributed by atoms with Gasteiger partial charge < -0.3 is 25.8 Å². The van der Waals surface area contributed by atoms with Gasteiger partial charge in [-0.2, -0.15) is 0 Å². The Balaban J connectivity index is 1.76. The fourth-order valence-electron chi connectivity index (χ4n) is 3.09. The first-order valence-corrected chi connectivity index (χ1v) is 9.03.